The highest BCUT2D eigenvalue weighted by molar-refractivity contribution is 5.17. The van der Waals surface area contributed by atoms with Crippen LogP contribution >= 0.6 is 0 Å². The summed E-state index contributed by atoms with van der Waals surface area (Å²) in [6, 6.07) is 10.4. The molecule has 1 aromatic carbocycles. The number of nitrogens with one attached hydrogen (secondary N) is 1. The molecule has 0 saturated carbocycles. The Balaban J connectivity index is 2.38. The predicted molar refractivity (Wildman–Crippen MR) is 73.0 cm³/mol. The van der Waals surface area contributed by atoms with E-state index in [9.17, 15) is 5.11 Å². The average molecular weight is 235 g/mol. The molecule has 96 valence electrons. The van der Waals surface area contributed by atoms with Crippen LogP contribution in [0.1, 0.15) is 51.2 Å². The van der Waals surface area contributed by atoms with E-state index >= 15 is 0 Å². The van der Waals surface area contributed by atoms with Crippen LogP contribution in [0, 0.1) is 0 Å². The first-order valence-corrected chi connectivity index (χ1v) is 6.74. The number of rotatable bonds is 8. The molecule has 0 saturated heterocycles. The molecule has 1 rings (SSSR count). The number of hydrogen-bond donors (Lipinski definition) is 2. The molecule has 0 amide bonds. The van der Waals surface area contributed by atoms with E-state index in [0.29, 0.717) is 12.6 Å². The lowest BCUT2D eigenvalue weighted by Gasteiger charge is -2.20. The molecule has 0 bridgehead atoms. The molecule has 0 unspecified atom stereocenters. The van der Waals surface area contributed by atoms with Crippen molar-refractivity contribution in [2.75, 3.05) is 6.54 Å². The zero-order valence-corrected chi connectivity index (χ0v) is 11.0. The minimum absolute atomic E-state index is 0.396. The quantitative estimate of drug-likeness (QED) is 0.724. The maximum absolute atomic E-state index is 10.0. The second-order valence-corrected chi connectivity index (χ2v) is 4.61. The van der Waals surface area contributed by atoms with Gasteiger partial charge in [0.1, 0.15) is 0 Å². The molecule has 1 aromatic rings. The summed E-state index contributed by atoms with van der Waals surface area (Å²) < 4.78 is 0. The van der Waals surface area contributed by atoms with E-state index in [0.717, 1.165) is 5.56 Å². The molecule has 0 heterocycles. The van der Waals surface area contributed by atoms with Crippen LogP contribution in [0.25, 0.3) is 0 Å². The van der Waals surface area contributed by atoms with Gasteiger partial charge < -0.3 is 10.4 Å². The van der Waals surface area contributed by atoms with Crippen LogP contribution in [-0.4, -0.2) is 17.7 Å². The summed E-state index contributed by atoms with van der Waals surface area (Å²) in [6.45, 7) is 5.06. The van der Waals surface area contributed by atoms with Gasteiger partial charge in [-0.1, -0.05) is 57.0 Å². The molecule has 0 fully saturated rings. The lowest BCUT2D eigenvalue weighted by atomic mass is 10.1. The molecule has 1 atom stereocenters. The van der Waals surface area contributed by atoms with Crippen molar-refractivity contribution in [3.8, 4) is 0 Å². The Hall–Kier alpha value is -0.860. The van der Waals surface area contributed by atoms with Gasteiger partial charge in [0.2, 0.25) is 0 Å². The molecular formula is C15H25NO. The highest BCUT2D eigenvalue weighted by Gasteiger charge is 2.10. The molecule has 2 N–H and O–H groups in total. The van der Waals surface area contributed by atoms with Crippen molar-refractivity contribution in [3.05, 3.63) is 35.9 Å². The summed E-state index contributed by atoms with van der Waals surface area (Å²) in [5, 5.41) is 13.5. The first-order chi connectivity index (χ1) is 8.27. The van der Waals surface area contributed by atoms with Crippen molar-refractivity contribution in [1.29, 1.82) is 0 Å². The topological polar surface area (TPSA) is 32.3 Å². The monoisotopic (exact) mass is 235 g/mol. The third-order valence-corrected chi connectivity index (χ3v) is 3.06. The van der Waals surface area contributed by atoms with Gasteiger partial charge in [-0.15, -0.1) is 0 Å². The van der Waals surface area contributed by atoms with Gasteiger partial charge in [-0.05, 0) is 18.4 Å². The standard InChI is InChI=1S/C15H25NO/c1-3-8-14(9-4-2)16-12-15(17)13-10-6-5-7-11-13/h5-7,10-11,14-17H,3-4,8-9,12H2,1-2H3/t15-/m1/s1. The number of benzene rings is 1. The van der Waals surface area contributed by atoms with E-state index in [4.69, 9.17) is 0 Å². The highest BCUT2D eigenvalue weighted by atomic mass is 16.3. The van der Waals surface area contributed by atoms with Gasteiger partial charge >= 0.3 is 0 Å². The fourth-order valence-electron chi connectivity index (χ4n) is 2.12. The molecule has 0 aliphatic carbocycles. The fourth-order valence-corrected chi connectivity index (χ4v) is 2.12. The predicted octanol–water partition coefficient (Wildman–Crippen LogP) is 3.28. The number of aliphatic hydroxyl groups excluding tert-OH is 1. The Labute approximate surface area is 105 Å². The van der Waals surface area contributed by atoms with Gasteiger partial charge in [0.05, 0.1) is 6.10 Å². The van der Waals surface area contributed by atoms with Crippen molar-refractivity contribution in [3.63, 3.8) is 0 Å². The lowest BCUT2D eigenvalue weighted by Crippen LogP contribution is -2.32. The fraction of sp³-hybridized carbons (Fsp3) is 0.600. The molecule has 2 heteroatoms. The SMILES string of the molecule is CCCC(CCC)NC[C@@H](O)c1ccccc1. The smallest absolute Gasteiger partial charge is 0.0914 e. The van der Waals surface area contributed by atoms with Crippen molar-refractivity contribution in [2.45, 2.75) is 51.7 Å². The summed E-state index contributed by atoms with van der Waals surface area (Å²) in [4.78, 5) is 0. The summed E-state index contributed by atoms with van der Waals surface area (Å²) in [6.07, 6.45) is 4.37. The maximum atomic E-state index is 10.0. The second-order valence-electron chi connectivity index (χ2n) is 4.61. The van der Waals surface area contributed by atoms with Crippen LogP contribution in [0.2, 0.25) is 0 Å². The van der Waals surface area contributed by atoms with Crippen molar-refractivity contribution >= 4 is 0 Å². The molecule has 0 spiro atoms. The van der Waals surface area contributed by atoms with Crippen LogP contribution in [-0.2, 0) is 0 Å². The van der Waals surface area contributed by atoms with Crippen molar-refractivity contribution < 1.29 is 5.11 Å². The third-order valence-electron chi connectivity index (χ3n) is 3.06. The Morgan fingerprint density at radius 2 is 1.65 bits per heavy atom. The second kappa shape index (κ2) is 8.26. The van der Waals surface area contributed by atoms with E-state index in [2.05, 4.69) is 19.2 Å². The Kier molecular flexibility index (Phi) is 6.90. The van der Waals surface area contributed by atoms with Gasteiger partial charge in [-0.3, -0.25) is 0 Å². The molecular weight excluding hydrogens is 210 g/mol. The Morgan fingerprint density at radius 1 is 1.06 bits per heavy atom. The Morgan fingerprint density at radius 3 is 2.18 bits per heavy atom. The third kappa shape index (κ3) is 5.33. The van der Waals surface area contributed by atoms with Gasteiger partial charge in [0, 0.05) is 12.6 Å². The van der Waals surface area contributed by atoms with Crippen molar-refractivity contribution in [2.24, 2.45) is 0 Å². The average Bonchev–Trinajstić information content (AvgIpc) is 2.37. The van der Waals surface area contributed by atoms with E-state index in [-0.39, 0.29) is 0 Å². The van der Waals surface area contributed by atoms with Crippen LogP contribution in [0.4, 0.5) is 0 Å². The summed E-state index contributed by atoms with van der Waals surface area (Å²) in [5.74, 6) is 0. The van der Waals surface area contributed by atoms with Crippen LogP contribution in [0.3, 0.4) is 0 Å². The van der Waals surface area contributed by atoms with Crippen LogP contribution in [0.5, 0.6) is 0 Å². The van der Waals surface area contributed by atoms with Gasteiger partial charge in [0.25, 0.3) is 0 Å². The van der Waals surface area contributed by atoms with E-state index in [1.165, 1.54) is 25.7 Å². The molecule has 0 radical (unpaired) electrons. The van der Waals surface area contributed by atoms with E-state index in [1.54, 1.807) is 0 Å². The first kappa shape index (κ1) is 14.2. The molecule has 17 heavy (non-hydrogen) atoms. The zero-order valence-electron chi connectivity index (χ0n) is 11.0. The minimum Gasteiger partial charge on any atom is -0.387 e. The van der Waals surface area contributed by atoms with E-state index < -0.39 is 6.10 Å². The number of aliphatic hydroxyl groups is 1. The summed E-state index contributed by atoms with van der Waals surface area (Å²) in [7, 11) is 0. The first-order valence-electron chi connectivity index (χ1n) is 6.74. The van der Waals surface area contributed by atoms with Gasteiger partial charge in [-0.2, -0.15) is 0 Å². The molecule has 0 aliphatic heterocycles. The largest absolute Gasteiger partial charge is 0.387 e. The van der Waals surface area contributed by atoms with E-state index in [1.807, 2.05) is 30.3 Å². The van der Waals surface area contributed by atoms with Crippen LogP contribution < -0.4 is 5.32 Å². The highest BCUT2D eigenvalue weighted by Crippen LogP contribution is 2.12. The molecule has 0 aliphatic rings. The number of hydrogen-bond acceptors (Lipinski definition) is 2. The molecule has 0 aromatic heterocycles. The minimum atomic E-state index is -0.396. The van der Waals surface area contributed by atoms with Gasteiger partial charge in [0.15, 0.2) is 0 Å². The Bertz CT molecular complexity index is 280. The summed E-state index contributed by atoms with van der Waals surface area (Å²) >= 11 is 0. The molecule has 2 nitrogen and oxygen atoms in total. The van der Waals surface area contributed by atoms with Crippen molar-refractivity contribution in [1.82, 2.24) is 5.32 Å². The van der Waals surface area contributed by atoms with Crippen LogP contribution in [0.15, 0.2) is 30.3 Å². The van der Waals surface area contributed by atoms with Gasteiger partial charge in [-0.25, -0.2) is 0 Å². The maximum Gasteiger partial charge on any atom is 0.0914 e. The lowest BCUT2D eigenvalue weighted by molar-refractivity contribution is 0.168. The zero-order chi connectivity index (χ0) is 12.5. The summed E-state index contributed by atoms with van der Waals surface area (Å²) in [5.41, 5.74) is 0.992. The normalized spacial score (nSPS) is 12.9.